The Morgan fingerprint density at radius 1 is 1.39 bits per heavy atom. The number of aliphatic imine (C=N–C) groups is 1. The van der Waals surface area contributed by atoms with Gasteiger partial charge >= 0.3 is 0 Å². The number of dihydropyridines is 1. The van der Waals surface area contributed by atoms with Crippen LogP contribution in [-0.4, -0.2) is 54.1 Å². The number of ether oxygens (including phenoxy) is 1. The van der Waals surface area contributed by atoms with Gasteiger partial charge < -0.3 is 19.9 Å². The number of hydrogen-bond donors (Lipinski definition) is 1. The summed E-state index contributed by atoms with van der Waals surface area (Å²) in [6.07, 6.45) is 8.52. The molecule has 1 N–H and O–H groups in total. The van der Waals surface area contributed by atoms with Crippen LogP contribution in [0.5, 0.6) is 5.75 Å². The molecular formula is C24H26N4O3. The number of amidine groups is 1. The Bertz CT molecular complexity index is 1080. The van der Waals surface area contributed by atoms with Gasteiger partial charge in [-0.15, -0.1) is 0 Å². The van der Waals surface area contributed by atoms with Crippen molar-refractivity contribution in [2.24, 2.45) is 4.99 Å². The molecule has 4 rings (SSSR count). The normalized spacial score (nSPS) is 20.7. The van der Waals surface area contributed by atoms with Crippen molar-refractivity contribution in [2.45, 2.75) is 25.9 Å². The largest absolute Gasteiger partial charge is 0.497 e. The minimum Gasteiger partial charge on any atom is -0.497 e. The lowest BCUT2D eigenvalue weighted by Crippen LogP contribution is -2.40. The number of fused-ring (bicyclic) bond motifs is 1. The van der Waals surface area contributed by atoms with Gasteiger partial charge in [0.05, 0.1) is 36.9 Å². The summed E-state index contributed by atoms with van der Waals surface area (Å²) < 4.78 is 5.37. The molecule has 7 heteroatoms. The number of hydrogen-bond acceptors (Lipinski definition) is 6. The van der Waals surface area contributed by atoms with E-state index in [1.54, 1.807) is 19.1 Å². The number of nitrogens with zero attached hydrogens (tertiary/aromatic N) is 3. The third-order valence-corrected chi connectivity index (χ3v) is 5.99. The summed E-state index contributed by atoms with van der Waals surface area (Å²) >= 11 is 0. The van der Waals surface area contributed by atoms with Crippen LogP contribution in [0.1, 0.15) is 25.5 Å². The summed E-state index contributed by atoms with van der Waals surface area (Å²) in [7, 11) is 3.37. The van der Waals surface area contributed by atoms with Crippen LogP contribution >= 0.6 is 0 Å². The third kappa shape index (κ3) is 3.56. The van der Waals surface area contributed by atoms with Crippen LogP contribution < -0.4 is 10.1 Å². The van der Waals surface area contributed by atoms with Crippen LogP contribution in [0.4, 0.5) is 0 Å². The molecule has 2 unspecified atom stereocenters. The zero-order valence-corrected chi connectivity index (χ0v) is 18.1. The maximum atomic E-state index is 13.6. The van der Waals surface area contributed by atoms with Gasteiger partial charge in [-0.2, -0.15) is 0 Å². The SMILES string of the molecule is COc1cccc(C(C)N2C3=NC=CC(=O)C3=C(C(=O)N(C)C3=CC=CNC3)C2C)c1. The van der Waals surface area contributed by atoms with Gasteiger partial charge in [-0.3, -0.25) is 9.59 Å². The van der Waals surface area contributed by atoms with Gasteiger partial charge in [0.25, 0.3) is 5.91 Å². The maximum absolute atomic E-state index is 13.6. The molecule has 0 saturated heterocycles. The summed E-state index contributed by atoms with van der Waals surface area (Å²) in [5, 5.41) is 3.11. The molecule has 31 heavy (non-hydrogen) atoms. The summed E-state index contributed by atoms with van der Waals surface area (Å²) in [5.74, 6) is 0.918. The highest BCUT2D eigenvalue weighted by Crippen LogP contribution is 2.38. The van der Waals surface area contributed by atoms with Crippen molar-refractivity contribution in [2.75, 3.05) is 20.7 Å². The molecule has 0 radical (unpaired) electrons. The highest BCUT2D eigenvalue weighted by atomic mass is 16.5. The van der Waals surface area contributed by atoms with Crippen molar-refractivity contribution in [1.82, 2.24) is 15.1 Å². The first-order valence-electron chi connectivity index (χ1n) is 10.3. The van der Waals surface area contributed by atoms with E-state index in [1.807, 2.05) is 61.4 Å². The zero-order chi connectivity index (χ0) is 22.1. The molecule has 1 aromatic carbocycles. The Hall–Kier alpha value is -3.61. The second-order valence-corrected chi connectivity index (χ2v) is 7.72. The monoisotopic (exact) mass is 418 g/mol. The second kappa shape index (κ2) is 8.26. The van der Waals surface area contributed by atoms with Gasteiger partial charge in [-0.1, -0.05) is 12.1 Å². The van der Waals surface area contributed by atoms with Crippen molar-refractivity contribution < 1.29 is 14.3 Å². The van der Waals surface area contributed by atoms with E-state index in [4.69, 9.17) is 4.74 Å². The van der Waals surface area contributed by atoms with Crippen molar-refractivity contribution in [3.63, 3.8) is 0 Å². The molecule has 1 amide bonds. The van der Waals surface area contributed by atoms with E-state index in [-0.39, 0.29) is 23.8 Å². The predicted molar refractivity (Wildman–Crippen MR) is 119 cm³/mol. The lowest BCUT2D eigenvalue weighted by atomic mass is 9.99. The van der Waals surface area contributed by atoms with Gasteiger partial charge in [0.15, 0.2) is 5.78 Å². The summed E-state index contributed by atoms with van der Waals surface area (Å²) in [4.78, 5) is 34.6. The maximum Gasteiger partial charge on any atom is 0.256 e. The van der Waals surface area contributed by atoms with Crippen LogP contribution in [0.25, 0.3) is 0 Å². The van der Waals surface area contributed by atoms with Gasteiger partial charge in [-0.25, -0.2) is 4.99 Å². The Morgan fingerprint density at radius 3 is 2.90 bits per heavy atom. The van der Waals surface area contributed by atoms with Crippen LogP contribution in [0.3, 0.4) is 0 Å². The quantitative estimate of drug-likeness (QED) is 0.796. The smallest absolute Gasteiger partial charge is 0.256 e. The fourth-order valence-corrected chi connectivity index (χ4v) is 4.27. The molecule has 0 fully saturated rings. The number of ketones is 1. The van der Waals surface area contributed by atoms with Crippen LogP contribution in [0, 0.1) is 0 Å². The van der Waals surface area contributed by atoms with E-state index in [0.717, 1.165) is 17.0 Å². The Labute approximate surface area is 182 Å². The molecule has 1 aromatic rings. The molecule has 2 atom stereocenters. The average molecular weight is 418 g/mol. The van der Waals surface area contributed by atoms with Gasteiger partial charge in [0.2, 0.25) is 0 Å². The van der Waals surface area contributed by atoms with Crippen molar-refractivity contribution in [3.8, 4) is 5.75 Å². The highest BCUT2D eigenvalue weighted by Gasteiger charge is 2.44. The summed E-state index contributed by atoms with van der Waals surface area (Å²) in [5.41, 5.74) is 2.72. The standard InChI is InChI=1S/C24H26N4O3/c1-15(17-7-5-9-19(13-17)31-4)28-16(2)21(22-20(29)10-12-26-23(22)28)24(30)27(3)18-8-6-11-25-14-18/h5-13,15-16,25H,14H2,1-4H3. The Balaban J connectivity index is 1.73. The third-order valence-electron chi connectivity index (χ3n) is 5.99. The van der Waals surface area contributed by atoms with E-state index < -0.39 is 0 Å². The van der Waals surface area contributed by atoms with E-state index in [9.17, 15) is 9.59 Å². The first-order chi connectivity index (χ1) is 14.9. The van der Waals surface area contributed by atoms with E-state index in [2.05, 4.69) is 10.3 Å². The highest BCUT2D eigenvalue weighted by molar-refractivity contribution is 6.32. The molecule has 0 bridgehead atoms. The first kappa shape index (κ1) is 20.7. The van der Waals surface area contributed by atoms with Crippen LogP contribution in [0.15, 0.2) is 76.7 Å². The minimum absolute atomic E-state index is 0.118. The Morgan fingerprint density at radius 2 is 2.19 bits per heavy atom. The van der Waals surface area contributed by atoms with E-state index >= 15 is 0 Å². The number of methoxy groups -OCH3 is 1. The Kier molecular flexibility index (Phi) is 5.50. The molecular weight excluding hydrogens is 392 g/mol. The fraction of sp³-hybridized carbons (Fsp3) is 0.292. The number of likely N-dealkylation sites (N-methyl/N-ethyl adjacent to an activating group) is 1. The number of amides is 1. The van der Waals surface area contributed by atoms with Crippen molar-refractivity contribution in [3.05, 3.63) is 77.3 Å². The second-order valence-electron chi connectivity index (χ2n) is 7.72. The number of benzene rings is 1. The molecule has 0 spiro atoms. The van der Waals surface area contributed by atoms with Gasteiger partial charge in [-0.05, 0) is 49.9 Å². The summed E-state index contributed by atoms with van der Waals surface area (Å²) in [6, 6.07) is 7.37. The van der Waals surface area contributed by atoms with E-state index in [1.165, 1.54) is 12.3 Å². The lowest BCUT2D eigenvalue weighted by molar-refractivity contribution is -0.125. The number of nitrogens with one attached hydrogen (secondary N) is 1. The molecule has 160 valence electrons. The minimum atomic E-state index is -0.318. The number of carbonyl (C=O) groups excluding carboxylic acids is 2. The molecule has 0 aromatic heterocycles. The predicted octanol–water partition coefficient (Wildman–Crippen LogP) is 2.71. The number of rotatable bonds is 5. The molecule has 3 heterocycles. The lowest BCUT2D eigenvalue weighted by Gasteiger charge is -2.33. The fourth-order valence-electron chi connectivity index (χ4n) is 4.27. The van der Waals surface area contributed by atoms with Crippen molar-refractivity contribution >= 4 is 17.5 Å². The molecule has 0 saturated carbocycles. The van der Waals surface area contributed by atoms with Crippen LogP contribution in [0.2, 0.25) is 0 Å². The number of allylic oxidation sites excluding steroid dienone is 3. The van der Waals surface area contributed by atoms with Crippen LogP contribution in [-0.2, 0) is 9.59 Å². The topological polar surface area (TPSA) is 74.2 Å². The molecule has 0 aliphatic carbocycles. The average Bonchev–Trinajstić information content (AvgIpc) is 3.11. The van der Waals surface area contributed by atoms with Gasteiger partial charge in [0.1, 0.15) is 11.6 Å². The molecule has 3 aliphatic heterocycles. The number of carbonyl (C=O) groups is 2. The van der Waals surface area contributed by atoms with E-state index in [0.29, 0.717) is 23.5 Å². The van der Waals surface area contributed by atoms with Crippen molar-refractivity contribution in [1.29, 1.82) is 0 Å². The molecule has 3 aliphatic rings. The van der Waals surface area contributed by atoms with Gasteiger partial charge in [0, 0.05) is 25.0 Å². The zero-order valence-electron chi connectivity index (χ0n) is 18.1. The molecule has 7 nitrogen and oxygen atoms in total. The first-order valence-corrected chi connectivity index (χ1v) is 10.3. The summed E-state index contributed by atoms with van der Waals surface area (Å²) in [6.45, 7) is 4.55.